The van der Waals surface area contributed by atoms with Crippen LogP contribution in [0.3, 0.4) is 0 Å². The van der Waals surface area contributed by atoms with Crippen molar-refractivity contribution in [2.45, 2.75) is 27.7 Å². The van der Waals surface area contributed by atoms with Gasteiger partial charge in [0.2, 0.25) is 5.43 Å². The fourth-order valence-electron chi connectivity index (χ4n) is 4.28. The van der Waals surface area contributed by atoms with Crippen LogP contribution in [0.15, 0.2) is 82.4 Å². The number of hydrogen-bond acceptors (Lipinski definition) is 8. The number of aromatic nitrogens is 4. The molecule has 0 aliphatic carbocycles. The minimum absolute atomic E-state index is 0. The maximum Gasteiger partial charge on any atom is 1.00 e. The van der Waals surface area contributed by atoms with Crippen LogP contribution >= 0.6 is 0 Å². The first-order valence-electron chi connectivity index (χ1n) is 12.6. The van der Waals surface area contributed by atoms with Gasteiger partial charge >= 0.3 is 17.1 Å². The zero-order chi connectivity index (χ0) is 28.6. The third kappa shape index (κ3) is 6.26. The van der Waals surface area contributed by atoms with Crippen LogP contribution in [-0.4, -0.2) is 30.5 Å². The van der Waals surface area contributed by atoms with Gasteiger partial charge in [0.1, 0.15) is 0 Å². The molecule has 0 unspecified atom stereocenters. The molecule has 4 heterocycles. The van der Waals surface area contributed by atoms with Gasteiger partial charge in [0.15, 0.2) is 5.75 Å². The summed E-state index contributed by atoms with van der Waals surface area (Å²) >= 11 is 0. The van der Waals surface area contributed by atoms with E-state index < -0.39 is 22.4 Å². The first-order chi connectivity index (χ1) is 19.1. The predicted octanol–water partition coefficient (Wildman–Crippen LogP) is 4.03. The number of aromatic hydroxyl groups is 1. The van der Waals surface area contributed by atoms with Crippen LogP contribution in [0.2, 0.25) is 0 Å². The molecule has 0 atom stereocenters. The zero-order valence-corrected chi connectivity index (χ0v) is 24.1. The molecule has 42 heavy (non-hydrogen) atoms. The number of hydrogen-bond donors (Lipinski definition) is 1. The second kappa shape index (κ2) is 12.8. The normalized spacial score (nSPS) is 10.4. The summed E-state index contributed by atoms with van der Waals surface area (Å²) in [6, 6.07) is 24.9. The van der Waals surface area contributed by atoms with Gasteiger partial charge in [-0.05, 0) is 57.7 Å². The molecule has 0 fully saturated rings. The van der Waals surface area contributed by atoms with Crippen LogP contribution in [-0.2, 0) is 17.1 Å². The Morgan fingerprint density at radius 3 is 0.929 bits per heavy atom. The SMILES string of the molecule is Cc1ccc2ccc3ccc(C)nc3c2n1.Cc1ccc2ccc3ccc(C)nc3c2n1.O.O=c1c([O-])c(O)c1=O.[Cu+]. The second-order valence-electron chi connectivity index (χ2n) is 9.56. The largest absolute Gasteiger partial charge is 1.00 e. The Kier molecular flexibility index (Phi) is 9.70. The molecule has 0 radical (unpaired) electrons. The van der Waals surface area contributed by atoms with Crippen molar-refractivity contribution in [3.63, 3.8) is 0 Å². The van der Waals surface area contributed by atoms with E-state index in [1.807, 2.05) is 52.0 Å². The van der Waals surface area contributed by atoms with E-state index in [9.17, 15) is 14.7 Å². The minimum Gasteiger partial charge on any atom is -0.867 e. The topological polar surface area (TPSA) is 160 Å². The van der Waals surface area contributed by atoms with Crippen molar-refractivity contribution in [1.82, 2.24) is 19.9 Å². The van der Waals surface area contributed by atoms with Gasteiger partial charge in [0.25, 0.3) is 5.43 Å². The number of fused-ring (bicyclic) bond motifs is 6. The molecule has 0 saturated heterocycles. The van der Waals surface area contributed by atoms with Crippen LogP contribution in [0.4, 0.5) is 0 Å². The number of benzene rings is 2. The average Bonchev–Trinajstić information content (AvgIpc) is 2.96. The number of aryl methyl sites for hydroxylation is 4. The monoisotopic (exact) mass is 610 g/mol. The smallest absolute Gasteiger partial charge is 0.867 e. The van der Waals surface area contributed by atoms with Gasteiger partial charge in [-0.25, -0.2) is 0 Å². The van der Waals surface area contributed by atoms with E-state index in [1.54, 1.807) is 0 Å². The van der Waals surface area contributed by atoms with E-state index >= 15 is 0 Å². The van der Waals surface area contributed by atoms with Crippen molar-refractivity contribution in [3.05, 3.63) is 116 Å². The average molecular weight is 611 g/mol. The fraction of sp³-hybridized carbons (Fsp3) is 0.125. The van der Waals surface area contributed by atoms with Crippen molar-refractivity contribution in [3.8, 4) is 11.5 Å². The predicted molar refractivity (Wildman–Crippen MR) is 159 cm³/mol. The second-order valence-corrected chi connectivity index (χ2v) is 9.56. The molecule has 3 aromatic carbocycles. The maximum atomic E-state index is 9.91. The van der Waals surface area contributed by atoms with Crippen LogP contribution in [0.5, 0.6) is 11.5 Å². The summed E-state index contributed by atoms with van der Waals surface area (Å²) in [5.74, 6) is -2.01. The Morgan fingerprint density at radius 1 is 0.500 bits per heavy atom. The van der Waals surface area contributed by atoms with Crippen molar-refractivity contribution >= 4 is 43.6 Å². The molecule has 0 spiro atoms. The molecule has 7 rings (SSSR count). The Bertz CT molecular complexity index is 1870. The van der Waals surface area contributed by atoms with Crippen LogP contribution in [0, 0.1) is 27.7 Å². The third-order valence-electron chi connectivity index (χ3n) is 6.44. The molecular weight excluding hydrogens is 584 g/mol. The Hall–Kier alpha value is -4.76. The van der Waals surface area contributed by atoms with Crippen molar-refractivity contribution in [2.24, 2.45) is 0 Å². The van der Waals surface area contributed by atoms with Crippen LogP contribution in [0.1, 0.15) is 22.8 Å². The number of nitrogens with zero attached hydrogens (tertiary/aromatic N) is 4. The maximum absolute atomic E-state index is 9.91. The molecule has 9 nitrogen and oxygen atoms in total. The summed E-state index contributed by atoms with van der Waals surface area (Å²) in [5, 5.41) is 22.7. The number of pyridine rings is 4. The molecule has 0 bridgehead atoms. The van der Waals surface area contributed by atoms with E-state index in [1.165, 1.54) is 0 Å². The Balaban J connectivity index is 0.000000178. The first-order valence-corrected chi connectivity index (χ1v) is 12.6. The summed E-state index contributed by atoms with van der Waals surface area (Å²) in [4.78, 5) is 38.1. The standard InChI is InChI=1S/2C14H12N2.C4H2O4.Cu.H2O/c2*1-9-3-5-11-7-8-12-6-4-10(2)16-14(12)13(11)15-9;5-1-2(6)4(8)3(1)7;;/h2*3-8H,1-2H3;5-6H;;1H2/q;;;+1;/p-1. The summed E-state index contributed by atoms with van der Waals surface area (Å²) in [7, 11) is 0. The van der Waals surface area contributed by atoms with Gasteiger partial charge in [-0.1, -0.05) is 48.5 Å². The molecule has 10 heteroatoms. The molecule has 7 aromatic rings. The Morgan fingerprint density at radius 2 is 0.738 bits per heavy atom. The fourth-order valence-corrected chi connectivity index (χ4v) is 4.28. The summed E-state index contributed by atoms with van der Waals surface area (Å²) in [6.07, 6.45) is 0. The molecule has 0 aliphatic rings. The van der Waals surface area contributed by atoms with Crippen molar-refractivity contribution < 1.29 is 32.8 Å². The molecule has 216 valence electrons. The molecule has 3 N–H and O–H groups in total. The van der Waals surface area contributed by atoms with Gasteiger partial charge in [-0.2, -0.15) is 0 Å². The van der Waals surface area contributed by atoms with Crippen molar-refractivity contribution in [2.75, 3.05) is 0 Å². The first kappa shape index (κ1) is 31.8. The van der Waals surface area contributed by atoms with E-state index in [-0.39, 0.29) is 22.5 Å². The van der Waals surface area contributed by atoms with Gasteiger partial charge in [0.05, 0.1) is 22.1 Å². The van der Waals surface area contributed by atoms with Crippen LogP contribution < -0.4 is 16.0 Å². The summed E-state index contributed by atoms with van der Waals surface area (Å²) < 4.78 is 0. The van der Waals surface area contributed by atoms with Gasteiger partial charge in [-0.3, -0.25) is 29.5 Å². The van der Waals surface area contributed by atoms with Gasteiger partial charge in [0, 0.05) is 44.3 Å². The van der Waals surface area contributed by atoms with E-state index in [0.29, 0.717) is 0 Å². The van der Waals surface area contributed by atoms with Gasteiger partial charge < -0.3 is 15.7 Å². The zero-order valence-electron chi connectivity index (χ0n) is 23.2. The summed E-state index contributed by atoms with van der Waals surface area (Å²) in [5.41, 5.74) is 5.93. The number of rotatable bonds is 0. The quantitative estimate of drug-likeness (QED) is 0.153. The molecule has 0 amide bonds. The Labute approximate surface area is 251 Å². The van der Waals surface area contributed by atoms with E-state index in [0.717, 1.165) is 66.4 Å². The van der Waals surface area contributed by atoms with Crippen LogP contribution in [0.25, 0.3) is 43.6 Å². The van der Waals surface area contributed by atoms with E-state index in [4.69, 9.17) is 5.11 Å². The summed E-state index contributed by atoms with van der Waals surface area (Å²) in [6.45, 7) is 8.03. The van der Waals surface area contributed by atoms with Crippen molar-refractivity contribution in [1.29, 1.82) is 0 Å². The van der Waals surface area contributed by atoms with E-state index in [2.05, 4.69) is 68.5 Å². The molecule has 4 aromatic heterocycles. The third-order valence-corrected chi connectivity index (χ3v) is 6.44. The molecule has 0 aliphatic heterocycles. The minimum atomic E-state index is -1.12. The molecular formula is C32H27CuN4O5. The molecule has 0 saturated carbocycles. The van der Waals surface area contributed by atoms with Gasteiger partial charge in [-0.15, -0.1) is 0 Å².